The van der Waals surface area contributed by atoms with E-state index in [1.54, 1.807) is 30.3 Å². The highest BCUT2D eigenvalue weighted by Gasteiger charge is 2.20. The van der Waals surface area contributed by atoms with Crippen molar-refractivity contribution >= 4 is 17.7 Å². The molecule has 7 heteroatoms. The minimum atomic E-state index is 0.106. The molecule has 0 unspecified atom stereocenters. The van der Waals surface area contributed by atoms with Crippen LogP contribution < -0.4 is 22.1 Å². The number of nitrogens with two attached hydrogens (primary N) is 3. The van der Waals surface area contributed by atoms with E-state index in [0.717, 1.165) is 25.1 Å². The van der Waals surface area contributed by atoms with Crippen LogP contribution in [-0.4, -0.2) is 42.5 Å². The van der Waals surface area contributed by atoms with Crippen molar-refractivity contribution in [3.05, 3.63) is 77.3 Å². The Bertz CT molecular complexity index is 893. The molecular weight excluding hydrogens is 354 g/mol. The van der Waals surface area contributed by atoms with E-state index in [2.05, 4.69) is 9.80 Å². The Morgan fingerprint density at radius 2 is 1.57 bits per heavy atom. The summed E-state index contributed by atoms with van der Waals surface area (Å²) in [6.45, 7) is 2.99. The molecule has 0 amide bonds. The van der Waals surface area contributed by atoms with E-state index < -0.39 is 0 Å². The second-order valence-electron chi connectivity index (χ2n) is 6.64. The van der Waals surface area contributed by atoms with Crippen molar-refractivity contribution in [3.63, 3.8) is 0 Å². The van der Waals surface area contributed by atoms with Crippen molar-refractivity contribution < 1.29 is 9.90 Å². The molecule has 7 N–H and O–H groups in total. The molecule has 2 aromatic rings. The van der Waals surface area contributed by atoms with Crippen molar-refractivity contribution in [2.75, 3.05) is 31.1 Å². The second-order valence-corrected chi connectivity index (χ2v) is 6.64. The van der Waals surface area contributed by atoms with Crippen molar-refractivity contribution in [2.24, 2.45) is 17.2 Å². The smallest absolute Gasteiger partial charge is 0.150 e. The molecule has 1 heterocycles. The van der Waals surface area contributed by atoms with E-state index in [4.69, 9.17) is 17.2 Å². The second kappa shape index (κ2) is 8.39. The molecule has 0 atom stereocenters. The number of hydrogen-bond donors (Lipinski definition) is 4. The Morgan fingerprint density at radius 1 is 0.929 bits per heavy atom. The first-order valence-electron chi connectivity index (χ1n) is 9.05. The number of aldehydes is 1. The Hall–Kier alpha value is -3.61. The van der Waals surface area contributed by atoms with Gasteiger partial charge in [0.1, 0.15) is 17.9 Å². The number of rotatable bonds is 5. The summed E-state index contributed by atoms with van der Waals surface area (Å²) in [5.41, 5.74) is 21.3. The van der Waals surface area contributed by atoms with Crippen LogP contribution in [-0.2, 0) is 0 Å². The van der Waals surface area contributed by atoms with Gasteiger partial charge in [0.25, 0.3) is 0 Å². The monoisotopic (exact) mass is 379 g/mol. The SMILES string of the molecule is NC(N)=C(/C=C(\N)c1ccccc1O)N1CCN(c2ccc(C=O)cc2)CC1. The summed E-state index contributed by atoms with van der Waals surface area (Å²) in [6, 6.07) is 14.4. The molecule has 0 aromatic heterocycles. The average Bonchev–Trinajstić information content (AvgIpc) is 2.72. The van der Waals surface area contributed by atoms with Gasteiger partial charge in [-0.2, -0.15) is 0 Å². The normalized spacial score (nSPS) is 14.6. The van der Waals surface area contributed by atoms with E-state index in [0.29, 0.717) is 35.6 Å². The van der Waals surface area contributed by atoms with Crippen molar-refractivity contribution in [1.29, 1.82) is 0 Å². The predicted molar refractivity (Wildman–Crippen MR) is 111 cm³/mol. The van der Waals surface area contributed by atoms with Gasteiger partial charge in [0.05, 0.1) is 5.70 Å². The largest absolute Gasteiger partial charge is 0.507 e. The quantitative estimate of drug-likeness (QED) is 0.458. The third-order valence-electron chi connectivity index (χ3n) is 4.82. The Morgan fingerprint density at radius 3 is 2.14 bits per heavy atom. The van der Waals surface area contributed by atoms with Gasteiger partial charge in [0.2, 0.25) is 0 Å². The van der Waals surface area contributed by atoms with Crippen LogP contribution in [0.2, 0.25) is 0 Å². The minimum Gasteiger partial charge on any atom is -0.507 e. The van der Waals surface area contributed by atoms with Gasteiger partial charge in [-0.1, -0.05) is 12.1 Å². The van der Waals surface area contributed by atoms with Gasteiger partial charge in [-0.15, -0.1) is 0 Å². The fourth-order valence-corrected chi connectivity index (χ4v) is 3.27. The van der Waals surface area contributed by atoms with Crippen molar-refractivity contribution in [3.8, 4) is 5.75 Å². The number of carbonyl (C=O) groups is 1. The van der Waals surface area contributed by atoms with Gasteiger partial charge in [-0.05, 0) is 42.5 Å². The molecule has 146 valence electrons. The standard InChI is InChI=1S/C21H25N5O2/c22-18(17-3-1-2-4-20(17)28)13-19(21(23)24)26-11-9-25(10-12-26)16-7-5-15(14-27)6-8-16/h1-8,13-14,28H,9-12,22-24H2/b18-13-. The van der Waals surface area contributed by atoms with Crippen LogP contribution in [0.1, 0.15) is 15.9 Å². The molecule has 3 rings (SSSR count). The van der Waals surface area contributed by atoms with E-state index in [1.807, 2.05) is 24.3 Å². The van der Waals surface area contributed by atoms with Crippen LogP contribution in [0.15, 0.2) is 66.1 Å². The van der Waals surface area contributed by atoms with Gasteiger partial charge < -0.3 is 32.1 Å². The maximum Gasteiger partial charge on any atom is 0.150 e. The third kappa shape index (κ3) is 4.20. The molecule has 7 nitrogen and oxygen atoms in total. The summed E-state index contributed by atoms with van der Waals surface area (Å²) in [4.78, 5) is 15.1. The van der Waals surface area contributed by atoms with Crippen LogP contribution in [0.5, 0.6) is 5.75 Å². The van der Waals surface area contributed by atoms with E-state index in [-0.39, 0.29) is 11.6 Å². The number of phenolic OH excluding ortho intramolecular Hbond substituents is 1. The summed E-state index contributed by atoms with van der Waals surface area (Å²) in [5, 5.41) is 10.00. The number of carbonyl (C=O) groups excluding carboxylic acids is 1. The number of allylic oxidation sites excluding steroid dienone is 1. The van der Waals surface area contributed by atoms with Crippen LogP contribution in [0, 0.1) is 0 Å². The molecule has 2 aromatic carbocycles. The molecule has 0 radical (unpaired) electrons. The highest BCUT2D eigenvalue weighted by Crippen LogP contribution is 2.24. The van der Waals surface area contributed by atoms with E-state index >= 15 is 0 Å². The molecule has 0 bridgehead atoms. The fraction of sp³-hybridized carbons (Fsp3) is 0.190. The van der Waals surface area contributed by atoms with Gasteiger partial charge in [0, 0.05) is 48.7 Å². The highest BCUT2D eigenvalue weighted by atomic mass is 16.3. The third-order valence-corrected chi connectivity index (χ3v) is 4.82. The van der Waals surface area contributed by atoms with Gasteiger partial charge in [-0.25, -0.2) is 0 Å². The number of anilines is 1. The number of benzene rings is 2. The van der Waals surface area contributed by atoms with Crippen molar-refractivity contribution in [1.82, 2.24) is 4.90 Å². The van der Waals surface area contributed by atoms with Gasteiger partial charge in [0.15, 0.2) is 0 Å². The zero-order chi connectivity index (χ0) is 20.1. The molecule has 1 aliphatic rings. The Kier molecular flexibility index (Phi) is 5.74. The maximum atomic E-state index is 10.8. The topological polar surface area (TPSA) is 122 Å². The van der Waals surface area contributed by atoms with Gasteiger partial charge in [-0.3, -0.25) is 4.79 Å². The summed E-state index contributed by atoms with van der Waals surface area (Å²) in [6.07, 6.45) is 2.54. The number of hydrogen-bond acceptors (Lipinski definition) is 7. The zero-order valence-corrected chi connectivity index (χ0v) is 15.6. The lowest BCUT2D eigenvalue weighted by molar-refractivity contribution is 0.112. The Balaban J connectivity index is 1.73. The van der Waals surface area contributed by atoms with Crippen LogP contribution in [0.3, 0.4) is 0 Å². The van der Waals surface area contributed by atoms with E-state index in [1.165, 1.54) is 0 Å². The van der Waals surface area contributed by atoms with Crippen LogP contribution in [0.4, 0.5) is 5.69 Å². The molecule has 1 fully saturated rings. The fourth-order valence-electron chi connectivity index (χ4n) is 3.27. The molecule has 28 heavy (non-hydrogen) atoms. The lowest BCUT2D eigenvalue weighted by Crippen LogP contribution is -2.46. The highest BCUT2D eigenvalue weighted by molar-refractivity contribution is 5.75. The summed E-state index contributed by atoms with van der Waals surface area (Å²) >= 11 is 0. The van der Waals surface area contributed by atoms with Gasteiger partial charge >= 0.3 is 0 Å². The molecule has 1 saturated heterocycles. The molecule has 1 aliphatic heterocycles. The predicted octanol–water partition coefficient (Wildman–Crippen LogP) is 1.41. The molecule has 0 saturated carbocycles. The lowest BCUT2D eigenvalue weighted by Gasteiger charge is -2.38. The molecule has 0 spiro atoms. The number of nitrogens with zero attached hydrogens (tertiary/aromatic N) is 2. The summed E-state index contributed by atoms with van der Waals surface area (Å²) < 4.78 is 0. The minimum absolute atomic E-state index is 0.106. The number of phenols is 1. The average molecular weight is 379 g/mol. The first-order chi connectivity index (χ1) is 13.5. The lowest BCUT2D eigenvalue weighted by atomic mass is 10.1. The first-order valence-corrected chi connectivity index (χ1v) is 9.05. The molecular formula is C21H25N5O2. The van der Waals surface area contributed by atoms with Crippen molar-refractivity contribution in [2.45, 2.75) is 0 Å². The van der Waals surface area contributed by atoms with E-state index in [9.17, 15) is 9.90 Å². The summed E-state index contributed by atoms with van der Waals surface area (Å²) in [5.74, 6) is 0.289. The summed E-state index contributed by atoms with van der Waals surface area (Å²) in [7, 11) is 0. The number of para-hydroxylation sites is 1. The first kappa shape index (κ1) is 19.2. The molecule has 0 aliphatic carbocycles. The zero-order valence-electron chi connectivity index (χ0n) is 15.6. The number of piperazine rings is 1. The van der Waals surface area contributed by atoms with Crippen LogP contribution in [0.25, 0.3) is 5.70 Å². The Labute approximate surface area is 164 Å². The van der Waals surface area contributed by atoms with Crippen LogP contribution >= 0.6 is 0 Å². The number of aromatic hydroxyl groups is 1. The maximum absolute atomic E-state index is 10.8.